The van der Waals surface area contributed by atoms with Crippen molar-refractivity contribution < 1.29 is 18.3 Å². The van der Waals surface area contributed by atoms with Gasteiger partial charge in [0.15, 0.2) is 5.11 Å². The van der Waals surface area contributed by atoms with E-state index in [4.69, 9.17) is 17.0 Å². The first-order valence-corrected chi connectivity index (χ1v) is 8.88. The third kappa shape index (κ3) is 5.01. The fourth-order valence-electron chi connectivity index (χ4n) is 2.41. The zero-order valence-electron chi connectivity index (χ0n) is 15.7. The van der Waals surface area contributed by atoms with Crippen LogP contribution in [0.25, 0.3) is 0 Å². The van der Waals surface area contributed by atoms with Gasteiger partial charge in [0.2, 0.25) is 0 Å². The Morgan fingerprint density at radius 2 is 1.81 bits per heavy atom. The van der Waals surface area contributed by atoms with Crippen LogP contribution in [0, 0.1) is 25.5 Å². The summed E-state index contributed by atoms with van der Waals surface area (Å²) in [6, 6.07) is 6.98. The number of hydrogen-bond donors (Lipinski definition) is 1. The van der Waals surface area contributed by atoms with Gasteiger partial charge in [-0.3, -0.25) is 0 Å². The molecule has 0 spiro atoms. The molecule has 0 saturated heterocycles. The Kier molecular flexibility index (Phi) is 6.85. The van der Waals surface area contributed by atoms with Crippen molar-refractivity contribution in [2.45, 2.75) is 27.4 Å². The Morgan fingerprint density at radius 3 is 2.41 bits per heavy atom. The average molecular weight is 392 g/mol. The molecule has 0 aromatic heterocycles. The van der Waals surface area contributed by atoms with Crippen LogP contribution in [-0.4, -0.2) is 29.6 Å². The van der Waals surface area contributed by atoms with Gasteiger partial charge in [-0.15, -0.1) is 0 Å². The van der Waals surface area contributed by atoms with Gasteiger partial charge in [0.05, 0.1) is 11.1 Å². The fourth-order valence-corrected chi connectivity index (χ4v) is 2.65. The summed E-state index contributed by atoms with van der Waals surface area (Å²) >= 11 is 5.32. The number of anilines is 1. The third-order valence-corrected chi connectivity index (χ3v) is 4.68. The topological polar surface area (TPSA) is 41.6 Å². The first-order chi connectivity index (χ1) is 12.7. The van der Waals surface area contributed by atoms with E-state index in [1.54, 1.807) is 19.1 Å². The van der Waals surface area contributed by atoms with E-state index < -0.39 is 24.2 Å². The Labute approximate surface area is 163 Å². The zero-order chi connectivity index (χ0) is 20.1. The molecule has 0 heterocycles. The van der Waals surface area contributed by atoms with Crippen molar-refractivity contribution in [1.29, 1.82) is 0 Å². The number of nitrogens with one attached hydrogen (secondary N) is 1. The molecule has 2 aromatic carbocycles. The van der Waals surface area contributed by atoms with Gasteiger partial charge in [0, 0.05) is 19.3 Å². The number of aryl methyl sites for hydroxylation is 2. The molecule has 4 nitrogen and oxygen atoms in total. The number of thiocarbonyl (C=S) groups is 1. The number of nitrogens with zero attached hydrogens (tertiary/aromatic N) is 1. The Hall–Kier alpha value is -2.54. The summed E-state index contributed by atoms with van der Waals surface area (Å²) in [7, 11) is 1.88. The van der Waals surface area contributed by atoms with Crippen molar-refractivity contribution in [2.75, 3.05) is 18.9 Å². The molecule has 2 rings (SSSR count). The monoisotopic (exact) mass is 392 g/mol. The minimum atomic E-state index is -0.746. The highest BCUT2D eigenvalue weighted by Crippen LogP contribution is 2.23. The van der Waals surface area contributed by atoms with Crippen LogP contribution in [0.2, 0.25) is 0 Å². The molecule has 0 amide bonds. The molecule has 0 aliphatic carbocycles. The molecule has 1 N–H and O–H groups in total. The lowest BCUT2D eigenvalue weighted by molar-refractivity contribution is 0.0464. The number of halogens is 2. The quantitative estimate of drug-likeness (QED) is 0.596. The zero-order valence-corrected chi connectivity index (χ0v) is 16.5. The summed E-state index contributed by atoms with van der Waals surface area (Å²) in [5.41, 5.74) is 2.33. The second kappa shape index (κ2) is 8.90. The summed E-state index contributed by atoms with van der Waals surface area (Å²) in [5.74, 6) is -2.13. The maximum absolute atomic E-state index is 13.7. The summed E-state index contributed by atoms with van der Waals surface area (Å²) in [5, 5.41) is 3.72. The Morgan fingerprint density at radius 1 is 1.19 bits per heavy atom. The van der Waals surface area contributed by atoms with Crippen LogP contribution in [0.15, 0.2) is 30.3 Å². The predicted octanol–water partition coefficient (Wildman–Crippen LogP) is 4.59. The second-order valence-corrected chi connectivity index (χ2v) is 6.59. The van der Waals surface area contributed by atoms with Crippen LogP contribution in [0.4, 0.5) is 14.5 Å². The van der Waals surface area contributed by atoms with Crippen molar-refractivity contribution in [3.05, 3.63) is 64.2 Å². The maximum Gasteiger partial charge on any atom is 0.338 e. The van der Waals surface area contributed by atoms with Crippen LogP contribution in [0.1, 0.15) is 34.0 Å². The molecule has 0 aliphatic rings. The lowest BCUT2D eigenvalue weighted by atomic mass is 10.0. The van der Waals surface area contributed by atoms with Gasteiger partial charge in [-0.1, -0.05) is 6.07 Å². The molecule has 0 saturated carbocycles. The van der Waals surface area contributed by atoms with E-state index in [-0.39, 0.29) is 5.56 Å². The van der Waals surface area contributed by atoms with Gasteiger partial charge in [0.25, 0.3) is 0 Å². The second-order valence-electron chi connectivity index (χ2n) is 6.20. The number of hydrogen-bond acceptors (Lipinski definition) is 3. The van der Waals surface area contributed by atoms with Crippen molar-refractivity contribution in [1.82, 2.24) is 4.90 Å². The number of carbonyl (C=O) groups is 1. The lowest BCUT2D eigenvalue weighted by Crippen LogP contribution is -2.31. The minimum absolute atomic E-state index is 0.272. The van der Waals surface area contributed by atoms with Crippen LogP contribution < -0.4 is 5.32 Å². The molecule has 2 aromatic rings. The van der Waals surface area contributed by atoms with Gasteiger partial charge in [-0.25, -0.2) is 13.6 Å². The summed E-state index contributed by atoms with van der Waals surface area (Å²) in [6.07, 6.45) is 0. The van der Waals surface area contributed by atoms with Crippen LogP contribution in [0.5, 0.6) is 0 Å². The van der Waals surface area contributed by atoms with Gasteiger partial charge >= 0.3 is 5.97 Å². The third-order valence-electron chi connectivity index (χ3n) is 4.26. The molecule has 27 heavy (non-hydrogen) atoms. The van der Waals surface area contributed by atoms with Crippen LogP contribution in [0.3, 0.4) is 0 Å². The molecule has 0 unspecified atom stereocenters. The highest BCUT2D eigenvalue weighted by Gasteiger charge is 2.16. The molecule has 0 atom stereocenters. The van der Waals surface area contributed by atoms with E-state index in [9.17, 15) is 13.6 Å². The minimum Gasteiger partial charge on any atom is -0.457 e. The number of esters is 1. The summed E-state index contributed by atoms with van der Waals surface area (Å²) in [6.45, 7) is 5.88. The summed E-state index contributed by atoms with van der Waals surface area (Å²) in [4.78, 5) is 14.3. The normalized spacial score (nSPS) is 10.4. The molecular weight excluding hydrogens is 370 g/mol. The fraction of sp³-hybridized carbons (Fsp3) is 0.300. The van der Waals surface area contributed by atoms with Gasteiger partial charge in [-0.05, 0) is 68.4 Å². The van der Waals surface area contributed by atoms with Gasteiger partial charge in [0.1, 0.15) is 18.2 Å². The number of rotatable bonds is 5. The smallest absolute Gasteiger partial charge is 0.338 e. The van der Waals surface area contributed by atoms with E-state index in [1.807, 2.05) is 25.8 Å². The summed E-state index contributed by atoms with van der Waals surface area (Å²) < 4.78 is 32.4. The van der Waals surface area contributed by atoms with E-state index >= 15 is 0 Å². The number of carbonyl (C=O) groups excluding carboxylic acids is 1. The van der Waals surface area contributed by atoms with Gasteiger partial charge < -0.3 is 15.0 Å². The molecule has 144 valence electrons. The standard InChI is InChI=1S/C20H22F2N2O2S/c1-5-24(4)20(27)23-18-10-12(2)14(9-13(18)3)19(25)26-11-15-16(21)7-6-8-17(15)22/h6-10H,5,11H2,1-4H3,(H,23,27). The van der Waals surface area contributed by atoms with E-state index in [0.29, 0.717) is 16.2 Å². The van der Waals surface area contributed by atoms with Crippen molar-refractivity contribution in [3.63, 3.8) is 0 Å². The van der Waals surface area contributed by atoms with E-state index in [1.165, 1.54) is 6.07 Å². The highest BCUT2D eigenvalue weighted by atomic mass is 32.1. The van der Waals surface area contributed by atoms with E-state index in [0.717, 1.165) is 29.9 Å². The van der Waals surface area contributed by atoms with Crippen LogP contribution in [-0.2, 0) is 11.3 Å². The maximum atomic E-state index is 13.7. The molecule has 7 heteroatoms. The largest absolute Gasteiger partial charge is 0.457 e. The average Bonchev–Trinajstić information content (AvgIpc) is 2.63. The van der Waals surface area contributed by atoms with Crippen LogP contribution >= 0.6 is 12.2 Å². The molecule has 0 aliphatic heterocycles. The first kappa shape index (κ1) is 20.8. The molecule has 0 fully saturated rings. The molecule has 0 radical (unpaired) electrons. The lowest BCUT2D eigenvalue weighted by Gasteiger charge is -2.20. The Balaban J connectivity index is 2.15. The molecule has 0 bridgehead atoms. The Bertz CT molecular complexity index is 851. The predicted molar refractivity (Wildman–Crippen MR) is 106 cm³/mol. The highest BCUT2D eigenvalue weighted by molar-refractivity contribution is 7.80. The SMILES string of the molecule is CCN(C)C(=S)Nc1cc(C)c(C(=O)OCc2c(F)cccc2F)cc1C. The van der Waals surface area contributed by atoms with Crippen molar-refractivity contribution >= 4 is 29.0 Å². The molecular formula is C20H22F2N2O2S. The van der Waals surface area contributed by atoms with Crippen molar-refractivity contribution in [3.8, 4) is 0 Å². The number of benzene rings is 2. The number of ether oxygens (including phenoxy) is 1. The van der Waals surface area contributed by atoms with E-state index in [2.05, 4.69) is 5.32 Å². The van der Waals surface area contributed by atoms with Crippen molar-refractivity contribution in [2.24, 2.45) is 0 Å². The first-order valence-electron chi connectivity index (χ1n) is 8.48. The van der Waals surface area contributed by atoms with Gasteiger partial charge in [-0.2, -0.15) is 0 Å².